The van der Waals surface area contributed by atoms with Crippen molar-refractivity contribution < 1.29 is 9.53 Å². The third kappa shape index (κ3) is 3.87. The van der Waals surface area contributed by atoms with Crippen LogP contribution in [0.3, 0.4) is 0 Å². The Morgan fingerprint density at radius 3 is 2.67 bits per heavy atom. The van der Waals surface area contributed by atoms with E-state index in [1.54, 1.807) is 0 Å². The van der Waals surface area contributed by atoms with Gasteiger partial charge in [-0.3, -0.25) is 4.79 Å². The number of nitrogens with one attached hydrogen (secondary N) is 1. The molecule has 0 aromatic heterocycles. The van der Waals surface area contributed by atoms with E-state index in [0.717, 1.165) is 16.3 Å². The van der Waals surface area contributed by atoms with Crippen LogP contribution < -0.4 is 10.1 Å². The molecule has 3 rings (SSSR count). The van der Waals surface area contributed by atoms with Gasteiger partial charge in [0, 0.05) is 10.4 Å². The first-order valence-corrected chi connectivity index (χ1v) is 8.16. The third-order valence-electron chi connectivity index (χ3n) is 3.83. The second-order valence-corrected chi connectivity index (χ2v) is 6.05. The minimum absolute atomic E-state index is 0.0289. The predicted molar refractivity (Wildman–Crippen MR) is 97.5 cm³/mol. The monoisotopic (exact) mass is 339 g/mol. The number of benzene rings is 3. The van der Waals surface area contributed by atoms with Crippen LogP contribution in [0.4, 0.5) is 0 Å². The van der Waals surface area contributed by atoms with Crippen molar-refractivity contribution >= 4 is 28.3 Å². The Morgan fingerprint density at radius 1 is 1.08 bits per heavy atom. The molecule has 0 spiro atoms. The molecule has 0 saturated heterocycles. The van der Waals surface area contributed by atoms with Gasteiger partial charge in [0.2, 0.25) is 0 Å². The molecule has 1 amide bonds. The molecule has 0 aliphatic carbocycles. The first-order valence-electron chi connectivity index (χ1n) is 7.79. The van der Waals surface area contributed by atoms with Crippen molar-refractivity contribution in [2.75, 3.05) is 6.61 Å². The van der Waals surface area contributed by atoms with Gasteiger partial charge in [-0.05, 0) is 36.1 Å². The van der Waals surface area contributed by atoms with Crippen molar-refractivity contribution in [3.05, 3.63) is 77.3 Å². The van der Waals surface area contributed by atoms with Crippen LogP contribution in [0.25, 0.3) is 10.8 Å². The van der Waals surface area contributed by atoms with Crippen LogP contribution in [0.5, 0.6) is 5.75 Å². The highest BCUT2D eigenvalue weighted by atomic mass is 35.5. The lowest BCUT2D eigenvalue weighted by Gasteiger charge is -2.15. The fourth-order valence-electron chi connectivity index (χ4n) is 2.61. The highest BCUT2D eigenvalue weighted by Crippen LogP contribution is 2.25. The van der Waals surface area contributed by atoms with E-state index >= 15 is 0 Å². The van der Waals surface area contributed by atoms with Gasteiger partial charge in [0.25, 0.3) is 5.91 Å². The van der Waals surface area contributed by atoms with Gasteiger partial charge in [0.1, 0.15) is 5.75 Å². The van der Waals surface area contributed by atoms with E-state index in [9.17, 15) is 4.79 Å². The number of fused-ring (bicyclic) bond motifs is 1. The number of carbonyl (C=O) groups is 1. The molecule has 3 aromatic rings. The summed E-state index contributed by atoms with van der Waals surface area (Å²) in [7, 11) is 0. The lowest BCUT2D eigenvalue weighted by molar-refractivity contribution is -0.123. The van der Waals surface area contributed by atoms with Crippen LogP contribution >= 0.6 is 11.6 Å². The minimum Gasteiger partial charge on any atom is -0.483 e. The Labute approximate surface area is 146 Å². The number of hydrogen-bond acceptors (Lipinski definition) is 2. The minimum atomic E-state index is -0.171. The number of rotatable bonds is 5. The largest absolute Gasteiger partial charge is 0.483 e. The quantitative estimate of drug-likeness (QED) is 0.728. The number of halogens is 1. The van der Waals surface area contributed by atoms with Gasteiger partial charge in [-0.25, -0.2) is 0 Å². The summed E-state index contributed by atoms with van der Waals surface area (Å²) in [6, 6.07) is 21.1. The Hall–Kier alpha value is -2.52. The highest BCUT2D eigenvalue weighted by molar-refractivity contribution is 6.30. The SMILES string of the molecule is C[C@@H](NC(=O)COc1cccc2ccccc12)c1cccc(Cl)c1. The van der Waals surface area contributed by atoms with E-state index in [0.29, 0.717) is 10.8 Å². The van der Waals surface area contributed by atoms with Crippen molar-refractivity contribution in [2.45, 2.75) is 13.0 Å². The van der Waals surface area contributed by atoms with Crippen LogP contribution in [0.2, 0.25) is 5.02 Å². The summed E-state index contributed by atoms with van der Waals surface area (Å²) in [5.41, 5.74) is 0.959. The molecule has 122 valence electrons. The molecule has 1 N–H and O–H groups in total. The number of hydrogen-bond donors (Lipinski definition) is 1. The smallest absolute Gasteiger partial charge is 0.258 e. The zero-order chi connectivity index (χ0) is 16.9. The molecule has 0 heterocycles. The lowest BCUT2D eigenvalue weighted by Crippen LogP contribution is -2.31. The van der Waals surface area contributed by atoms with Gasteiger partial charge in [0.15, 0.2) is 6.61 Å². The maximum absolute atomic E-state index is 12.2. The molecule has 0 aliphatic heterocycles. The summed E-state index contributed by atoms with van der Waals surface area (Å²) in [6.07, 6.45) is 0. The second kappa shape index (κ2) is 7.37. The molecule has 0 radical (unpaired) electrons. The number of ether oxygens (including phenoxy) is 1. The van der Waals surface area contributed by atoms with Crippen LogP contribution in [0.15, 0.2) is 66.7 Å². The van der Waals surface area contributed by atoms with Crippen molar-refractivity contribution in [1.29, 1.82) is 0 Å². The molecule has 0 saturated carbocycles. The van der Waals surface area contributed by atoms with Gasteiger partial charge >= 0.3 is 0 Å². The van der Waals surface area contributed by atoms with Crippen molar-refractivity contribution in [3.8, 4) is 5.75 Å². The van der Waals surface area contributed by atoms with E-state index in [-0.39, 0.29) is 18.6 Å². The maximum atomic E-state index is 12.2. The van der Waals surface area contributed by atoms with E-state index in [2.05, 4.69) is 5.32 Å². The average Bonchev–Trinajstić information content (AvgIpc) is 2.60. The molecule has 1 atom stereocenters. The van der Waals surface area contributed by atoms with Crippen molar-refractivity contribution in [3.63, 3.8) is 0 Å². The molecule has 0 fully saturated rings. The summed E-state index contributed by atoms with van der Waals surface area (Å²) < 4.78 is 5.70. The Bertz CT molecular complexity index is 858. The zero-order valence-electron chi connectivity index (χ0n) is 13.3. The molecule has 24 heavy (non-hydrogen) atoms. The van der Waals surface area contributed by atoms with Gasteiger partial charge in [0.05, 0.1) is 6.04 Å². The first-order chi connectivity index (χ1) is 11.6. The van der Waals surface area contributed by atoms with Crippen LogP contribution in [0, 0.1) is 0 Å². The van der Waals surface area contributed by atoms with Gasteiger partial charge < -0.3 is 10.1 Å². The zero-order valence-corrected chi connectivity index (χ0v) is 14.1. The number of amides is 1. The summed E-state index contributed by atoms with van der Waals surface area (Å²) in [5, 5.41) is 5.65. The molecule has 0 unspecified atom stereocenters. The molecule has 3 aromatic carbocycles. The molecule has 4 heteroatoms. The summed E-state index contributed by atoms with van der Waals surface area (Å²) >= 11 is 5.98. The Balaban J connectivity index is 1.63. The van der Waals surface area contributed by atoms with E-state index in [1.165, 1.54) is 0 Å². The predicted octanol–water partition coefficient (Wildman–Crippen LogP) is 4.75. The maximum Gasteiger partial charge on any atom is 0.258 e. The van der Waals surface area contributed by atoms with Crippen LogP contribution in [-0.2, 0) is 4.79 Å². The second-order valence-electron chi connectivity index (χ2n) is 5.61. The van der Waals surface area contributed by atoms with Gasteiger partial charge in [-0.2, -0.15) is 0 Å². The van der Waals surface area contributed by atoms with Gasteiger partial charge in [-0.15, -0.1) is 0 Å². The van der Waals surface area contributed by atoms with Crippen molar-refractivity contribution in [1.82, 2.24) is 5.32 Å². The Morgan fingerprint density at radius 2 is 1.83 bits per heavy atom. The normalized spacial score (nSPS) is 11.9. The molecule has 0 aliphatic rings. The van der Waals surface area contributed by atoms with E-state index in [1.807, 2.05) is 73.7 Å². The summed E-state index contributed by atoms with van der Waals surface area (Å²) in [6.45, 7) is 1.89. The Kier molecular flexibility index (Phi) is 5.02. The molecule has 0 bridgehead atoms. The fraction of sp³-hybridized carbons (Fsp3) is 0.150. The van der Waals surface area contributed by atoms with E-state index in [4.69, 9.17) is 16.3 Å². The lowest BCUT2D eigenvalue weighted by atomic mass is 10.1. The van der Waals surface area contributed by atoms with Crippen molar-refractivity contribution in [2.24, 2.45) is 0 Å². The van der Waals surface area contributed by atoms with Crippen LogP contribution in [0.1, 0.15) is 18.5 Å². The first kappa shape index (κ1) is 16.3. The van der Waals surface area contributed by atoms with E-state index < -0.39 is 0 Å². The van der Waals surface area contributed by atoms with Crippen LogP contribution in [-0.4, -0.2) is 12.5 Å². The summed E-state index contributed by atoms with van der Waals surface area (Å²) in [5.74, 6) is 0.536. The van der Waals surface area contributed by atoms with Gasteiger partial charge in [-0.1, -0.05) is 60.1 Å². The average molecular weight is 340 g/mol. The molecular weight excluding hydrogens is 322 g/mol. The molecular formula is C20H18ClNO2. The fourth-order valence-corrected chi connectivity index (χ4v) is 2.81. The third-order valence-corrected chi connectivity index (χ3v) is 4.07. The topological polar surface area (TPSA) is 38.3 Å². The standard InChI is InChI=1S/C20H18ClNO2/c1-14(16-8-4-9-17(21)12-16)22-20(23)13-24-19-11-5-7-15-6-2-3-10-18(15)19/h2-12,14H,13H2,1H3,(H,22,23)/t14-/m1/s1. The number of carbonyl (C=O) groups excluding carboxylic acids is 1. The molecule has 3 nitrogen and oxygen atoms in total. The highest BCUT2D eigenvalue weighted by Gasteiger charge is 2.11. The summed E-state index contributed by atoms with van der Waals surface area (Å²) in [4.78, 5) is 12.2.